The zero-order valence-corrected chi connectivity index (χ0v) is 12.1. The number of anilines is 1. The molecular weight excluding hydrogens is 262 g/mol. The SMILES string of the molecule is CN1CCCCC1CNc1nc(CCC(=O)O)cs1. The summed E-state index contributed by atoms with van der Waals surface area (Å²) in [5, 5.41) is 14.9. The molecule has 1 fully saturated rings. The second-order valence-corrected chi connectivity index (χ2v) is 5.91. The van der Waals surface area contributed by atoms with Crippen molar-refractivity contribution in [1.82, 2.24) is 9.88 Å². The first-order chi connectivity index (χ1) is 9.15. The molecule has 6 heteroatoms. The molecular formula is C13H21N3O2S. The van der Waals surface area contributed by atoms with E-state index in [0.29, 0.717) is 12.5 Å². The molecule has 0 aromatic carbocycles. The molecule has 5 nitrogen and oxygen atoms in total. The average molecular weight is 283 g/mol. The van der Waals surface area contributed by atoms with Crippen LogP contribution in [0.2, 0.25) is 0 Å². The lowest BCUT2D eigenvalue weighted by atomic mass is 10.0. The van der Waals surface area contributed by atoms with Crippen LogP contribution in [-0.4, -0.2) is 47.1 Å². The van der Waals surface area contributed by atoms with Crippen molar-refractivity contribution in [3.05, 3.63) is 11.1 Å². The molecule has 2 rings (SSSR count). The molecule has 106 valence electrons. The number of nitrogens with one attached hydrogen (secondary N) is 1. The summed E-state index contributed by atoms with van der Waals surface area (Å²) in [5.41, 5.74) is 0.867. The Hall–Kier alpha value is -1.14. The van der Waals surface area contributed by atoms with Crippen molar-refractivity contribution in [1.29, 1.82) is 0 Å². The van der Waals surface area contributed by atoms with Crippen LogP contribution < -0.4 is 5.32 Å². The number of hydrogen-bond acceptors (Lipinski definition) is 5. The minimum atomic E-state index is -0.772. The molecule has 1 atom stereocenters. The summed E-state index contributed by atoms with van der Waals surface area (Å²) in [7, 11) is 2.17. The van der Waals surface area contributed by atoms with Crippen molar-refractivity contribution >= 4 is 22.4 Å². The minimum Gasteiger partial charge on any atom is -0.481 e. The second-order valence-electron chi connectivity index (χ2n) is 5.05. The average Bonchev–Trinajstić information content (AvgIpc) is 2.83. The topological polar surface area (TPSA) is 65.5 Å². The van der Waals surface area contributed by atoms with Crippen molar-refractivity contribution in [3.63, 3.8) is 0 Å². The van der Waals surface area contributed by atoms with E-state index in [-0.39, 0.29) is 6.42 Å². The monoisotopic (exact) mass is 283 g/mol. The predicted octanol–water partition coefficient (Wildman–Crippen LogP) is 2.06. The standard InChI is InChI=1S/C13H21N3O2S/c1-16-7-3-2-4-11(16)8-14-13-15-10(9-19-13)5-6-12(17)18/h9,11H,2-8H2,1H3,(H,14,15)(H,17,18). The number of likely N-dealkylation sites (tertiary alicyclic amines) is 1. The van der Waals surface area contributed by atoms with Crippen molar-refractivity contribution in [2.45, 2.75) is 38.1 Å². The van der Waals surface area contributed by atoms with E-state index in [0.717, 1.165) is 17.4 Å². The molecule has 2 heterocycles. The van der Waals surface area contributed by atoms with Crippen LogP contribution in [0.1, 0.15) is 31.4 Å². The van der Waals surface area contributed by atoms with Crippen LogP contribution in [0.15, 0.2) is 5.38 Å². The zero-order chi connectivity index (χ0) is 13.7. The van der Waals surface area contributed by atoms with E-state index in [1.807, 2.05) is 5.38 Å². The maximum Gasteiger partial charge on any atom is 0.303 e. The number of aliphatic carboxylic acids is 1. The van der Waals surface area contributed by atoms with Gasteiger partial charge < -0.3 is 15.3 Å². The van der Waals surface area contributed by atoms with Gasteiger partial charge in [0.25, 0.3) is 0 Å². The molecule has 0 amide bonds. The van der Waals surface area contributed by atoms with E-state index in [1.165, 1.54) is 25.8 Å². The van der Waals surface area contributed by atoms with Gasteiger partial charge in [0.15, 0.2) is 5.13 Å². The molecule has 1 aliphatic heterocycles. The summed E-state index contributed by atoms with van der Waals surface area (Å²) >= 11 is 1.56. The lowest BCUT2D eigenvalue weighted by Crippen LogP contribution is -2.40. The number of aromatic nitrogens is 1. The lowest BCUT2D eigenvalue weighted by Gasteiger charge is -2.32. The molecule has 1 aliphatic rings. The number of carboxylic acids is 1. The maximum atomic E-state index is 10.5. The first-order valence-electron chi connectivity index (χ1n) is 6.75. The molecule has 1 aromatic rings. The molecule has 0 saturated carbocycles. The molecule has 19 heavy (non-hydrogen) atoms. The van der Waals surface area contributed by atoms with Gasteiger partial charge in [-0.3, -0.25) is 4.79 Å². The summed E-state index contributed by atoms with van der Waals surface area (Å²) in [6, 6.07) is 0.583. The van der Waals surface area contributed by atoms with Crippen LogP contribution in [0.4, 0.5) is 5.13 Å². The smallest absolute Gasteiger partial charge is 0.303 e. The number of rotatable bonds is 6. The van der Waals surface area contributed by atoms with E-state index in [1.54, 1.807) is 11.3 Å². The largest absolute Gasteiger partial charge is 0.481 e. The number of likely N-dealkylation sites (N-methyl/N-ethyl adjacent to an activating group) is 1. The quantitative estimate of drug-likeness (QED) is 0.836. The first kappa shape index (κ1) is 14.3. The molecule has 0 spiro atoms. The van der Waals surface area contributed by atoms with Crippen molar-refractivity contribution in [2.75, 3.05) is 25.5 Å². The summed E-state index contributed by atoms with van der Waals surface area (Å²) in [4.78, 5) is 17.3. The van der Waals surface area contributed by atoms with E-state index in [4.69, 9.17) is 5.11 Å². The fourth-order valence-corrected chi connectivity index (χ4v) is 3.10. The highest BCUT2D eigenvalue weighted by molar-refractivity contribution is 7.13. The summed E-state index contributed by atoms with van der Waals surface area (Å²) in [6.07, 6.45) is 4.49. The number of carbonyl (C=O) groups is 1. The van der Waals surface area contributed by atoms with Gasteiger partial charge in [-0.25, -0.2) is 4.98 Å². The zero-order valence-electron chi connectivity index (χ0n) is 11.3. The molecule has 2 N–H and O–H groups in total. The van der Waals surface area contributed by atoms with Crippen LogP contribution in [0, 0.1) is 0 Å². The Morgan fingerprint density at radius 2 is 2.47 bits per heavy atom. The number of thiazole rings is 1. The van der Waals surface area contributed by atoms with Gasteiger partial charge in [0.1, 0.15) is 0 Å². The molecule has 0 bridgehead atoms. The minimum absolute atomic E-state index is 0.147. The fraction of sp³-hybridized carbons (Fsp3) is 0.692. The lowest BCUT2D eigenvalue weighted by molar-refractivity contribution is -0.136. The van der Waals surface area contributed by atoms with Crippen LogP contribution >= 0.6 is 11.3 Å². The Balaban J connectivity index is 1.78. The van der Waals surface area contributed by atoms with Crippen LogP contribution in [0.5, 0.6) is 0 Å². The third-order valence-corrected chi connectivity index (χ3v) is 4.41. The highest BCUT2D eigenvalue weighted by Crippen LogP contribution is 2.19. The van der Waals surface area contributed by atoms with Gasteiger partial charge in [-0.15, -0.1) is 11.3 Å². The molecule has 1 aromatic heterocycles. The summed E-state index contributed by atoms with van der Waals surface area (Å²) in [6.45, 7) is 2.09. The Labute approximate surface area is 117 Å². The maximum absolute atomic E-state index is 10.5. The Bertz CT molecular complexity index is 422. The Morgan fingerprint density at radius 1 is 1.63 bits per heavy atom. The number of nitrogens with zero attached hydrogens (tertiary/aromatic N) is 2. The predicted molar refractivity (Wildman–Crippen MR) is 76.8 cm³/mol. The van der Waals surface area contributed by atoms with E-state index in [9.17, 15) is 4.79 Å². The second kappa shape index (κ2) is 6.86. The Morgan fingerprint density at radius 3 is 3.21 bits per heavy atom. The van der Waals surface area contributed by atoms with Crippen molar-refractivity contribution in [2.24, 2.45) is 0 Å². The van der Waals surface area contributed by atoms with E-state index < -0.39 is 5.97 Å². The first-order valence-corrected chi connectivity index (χ1v) is 7.63. The van der Waals surface area contributed by atoms with Gasteiger partial charge >= 0.3 is 5.97 Å². The van der Waals surface area contributed by atoms with Crippen LogP contribution in [0.25, 0.3) is 0 Å². The molecule has 1 unspecified atom stereocenters. The van der Waals surface area contributed by atoms with Gasteiger partial charge in [-0.2, -0.15) is 0 Å². The van der Waals surface area contributed by atoms with Gasteiger partial charge in [-0.1, -0.05) is 6.42 Å². The van der Waals surface area contributed by atoms with Crippen LogP contribution in [0.3, 0.4) is 0 Å². The third-order valence-electron chi connectivity index (χ3n) is 3.56. The molecule has 1 saturated heterocycles. The number of piperidine rings is 1. The van der Waals surface area contributed by atoms with Gasteiger partial charge in [-0.05, 0) is 26.4 Å². The third kappa shape index (κ3) is 4.47. The highest BCUT2D eigenvalue weighted by atomic mass is 32.1. The molecule has 0 aliphatic carbocycles. The van der Waals surface area contributed by atoms with Gasteiger partial charge in [0, 0.05) is 24.4 Å². The normalized spacial score (nSPS) is 20.4. The number of aryl methyl sites for hydroxylation is 1. The highest BCUT2D eigenvalue weighted by Gasteiger charge is 2.18. The van der Waals surface area contributed by atoms with Crippen molar-refractivity contribution < 1.29 is 9.90 Å². The van der Waals surface area contributed by atoms with E-state index >= 15 is 0 Å². The van der Waals surface area contributed by atoms with Gasteiger partial charge in [0.05, 0.1) is 12.1 Å². The number of hydrogen-bond donors (Lipinski definition) is 2. The summed E-state index contributed by atoms with van der Waals surface area (Å²) < 4.78 is 0. The number of carboxylic acid groups (broad SMARTS) is 1. The summed E-state index contributed by atoms with van der Waals surface area (Å²) in [5.74, 6) is -0.772. The Kier molecular flexibility index (Phi) is 5.15. The van der Waals surface area contributed by atoms with Crippen LogP contribution in [-0.2, 0) is 11.2 Å². The van der Waals surface area contributed by atoms with Crippen molar-refractivity contribution in [3.8, 4) is 0 Å². The van der Waals surface area contributed by atoms with Gasteiger partial charge in [0.2, 0.25) is 0 Å². The molecule has 0 radical (unpaired) electrons. The van der Waals surface area contributed by atoms with E-state index in [2.05, 4.69) is 22.2 Å². The fourth-order valence-electron chi connectivity index (χ4n) is 2.35.